The number of alkyl halides is 3. The number of anilines is 1. The minimum Gasteiger partial charge on any atom is -0.457 e. The molecule has 0 aliphatic heterocycles. The van der Waals surface area contributed by atoms with Gasteiger partial charge in [0.05, 0.1) is 12.6 Å². The quantitative estimate of drug-likeness (QED) is 0.479. The number of benzene rings is 3. The molecule has 0 fully saturated rings. The summed E-state index contributed by atoms with van der Waals surface area (Å²) in [5.74, 6) is 1.09. The van der Waals surface area contributed by atoms with Crippen LogP contribution in [0.1, 0.15) is 11.7 Å². The molecule has 7 heteroatoms. The Morgan fingerprint density at radius 1 is 0.839 bits per heavy atom. The number of ether oxygens (including phenoxy) is 2. The number of nitrogens with zero attached hydrogens (tertiary/aromatic N) is 1. The van der Waals surface area contributed by atoms with Crippen LogP contribution >= 0.6 is 0 Å². The summed E-state index contributed by atoms with van der Waals surface area (Å²) in [6, 6.07) is 25.1. The Morgan fingerprint density at radius 2 is 1.45 bits per heavy atom. The maximum Gasteiger partial charge on any atom is 0.416 e. The summed E-state index contributed by atoms with van der Waals surface area (Å²) in [6.45, 7) is -0.520. The van der Waals surface area contributed by atoms with Gasteiger partial charge in [-0.1, -0.05) is 54.6 Å². The Kier molecular flexibility index (Phi) is 7.55. The first-order chi connectivity index (χ1) is 14.9. The van der Waals surface area contributed by atoms with Gasteiger partial charge in [0.25, 0.3) is 0 Å². The number of aliphatic hydroxyl groups excluding tert-OH is 1. The van der Waals surface area contributed by atoms with Gasteiger partial charge < -0.3 is 19.5 Å². The molecule has 0 amide bonds. The molecule has 0 spiro atoms. The van der Waals surface area contributed by atoms with E-state index in [0.717, 1.165) is 5.56 Å². The van der Waals surface area contributed by atoms with Crippen molar-refractivity contribution >= 4 is 5.69 Å². The zero-order valence-electron chi connectivity index (χ0n) is 17.0. The third-order valence-electron chi connectivity index (χ3n) is 4.77. The van der Waals surface area contributed by atoms with Gasteiger partial charge in [-0.15, -0.1) is 0 Å². The van der Waals surface area contributed by atoms with Crippen LogP contribution in [0.3, 0.4) is 0 Å². The van der Waals surface area contributed by atoms with Crippen LogP contribution < -0.4 is 9.64 Å². The van der Waals surface area contributed by atoms with Gasteiger partial charge in [0, 0.05) is 25.4 Å². The van der Waals surface area contributed by atoms with Crippen LogP contribution in [0, 0.1) is 0 Å². The standard InChI is InChI=1S/C24H24F3NO3/c1-30-22(18-9-4-2-5-10-18)16-28(17-23(29)24(25,26)27)19-11-8-14-21(15-19)31-20-12-6-3-7-13-20/h2-15,22-23,29H,16-17H2,1H3. The Labute approximate surface area is 179 Å². The zero-order valence-corrected chi connectivity index (χ0v) is 17.0. The van der Waals surface area contributed by atoms with E-state index in [0.29, 0.717) is 17.2 Å². The molecule has 2 unspecified atom stereocenters. The molecule has 0 saturated carbocycles. The number of rotatable bonds is 9. The van der Waals surface area contributed by atoms with Crippen LogP contribution in [0.5, 0.6) is 11.5 Å². The molecule has 3 aromatic carbocycles. The third-order valence-corrected chi connectivity index (χ3v) is 4.77. The van der Waals surface area contributed by atoms with Gasteiger partial charge in [-0.05, 0) is 29.8 Å². The van der Waals surface area contributed by atoms with Crippen molar-refractivity contribution in [2.75, 3.05) is 25.1 Å². The zero-order chi connectivity index (χ0) is 22.3. The first kappa shape index (κ1) is 22.7. The maximum atomic E-state index is 13.1. The number of methoxy groups -OCH3 is 1. The van der Waals surface area contributed by atoms with Gasteiger partial charge >= 0.3 is 6.18 Å². The van der Waals surface area contributed by atoms with Crippen LogP contribution in [0.15, 0.2) is 84.9 Å². The van der Waals surface area contributed by atoms with E-state index in [2.05, 4.69) is 0 Å². The van der Waals surface area contributed by atoms with Crippen molar-refractivity contribution in [3.63, 3.8) is 0 Å². The largest absolute Gasteiger partial charge is 0.457 e. The minimum atomic E-state index is -4.73. The second kappa shape index (κ2) is 10.3. The molecule has 3 rings (SSSR count). The monoisotopic (exact) mass is 431 g/mol. The van der Waals surface area contributed by atoms with E-state index >= 15 is 0 Å². The van der Waals surface area contributed by atoms with Crippen LogP contribution in [0.25, 0.3) is 0 Å². The number of para-hydroxylation sites is 1. The highest BCUT2D eigenvalue weighted by molar-refractivity contribution is 5.52. The lowest BCUT2D eigenvalue weighted by molar-refractivity contribution is -0.200. The molecular formula is C24H24F3NO3. The Hall–Kier alpha value is -3.03. The Balaban J connectivity index is 1.87. The van der Waals surface area contributed by atoms with Crippen LogP contribution in [-0.4, -0.2) is 37.6 Å². The van der Waals surface area contributed by atoms with Crippen molar-refractivity contribution < 1.29 is 27.8 Å². The molecule has 0 aliphatic carbocycles. The molecule has 2 atom stereocenters. The molecule has 31 heavy (non-hydrogen) atoms. The number of halogens is 3. The van der Waals surface area contributed by atoms with E-state index in [9.17, 15) is 18.3 Å². The molecular weight excluding hydrogens is 407 g/mol. The van der Waals surface area contributed by atoms with Crippen LogP contribution in [0.2, 0.25) is 0 Å². The van der Waals surface area contributed by atoms with Crippen LogP contribution in [-0.2, 0) is 4.74 Å². The fraction of sp³-hybridized carbons (Fsp3) is 0.250. The van der Waals surface area contributed by atoms with Crippen molar-refractivity contribution in [3.05, 3.63) is 90.5 Å². The summed E-state index contributed by atoms with van der Waals surface area (Å²) in [5.41, 5.74) is 1.31. The Morgan fingerprint density at radius 3 is 2.06 bits per heavy atom. The molecule has 164 valence electrons. The topological polar surface area (TPSA) is 41.9 Å². The molecule has 1 N–H and O–H groups in total. The van der Waals surface area contributed by atoms with Crippen molar-refractivity contribution in [1.29, 1.82) is 0 Å². The third kappa shape index (κ3) is 6.47. The van der Waals surface area contributed by atoms with E-state index in [1.807, 2.05) is 48.5 Å². The van der Waals surface area contributed by atoms with E-state index in [4.69, 9.17) is 9.47 Å². The fourth-order valence-electron chi connectivity index (χ4n) is 3.15. The molecule has 0 bridgehead atoms. The van der Waals surface area contributed by atoms with Crippen molar-refractivity contribution in [1.82, 2.24) is 0 Å². The molecule has 0 heterocycles. The average molecular weight is 431 g/mol. The van der Waals surface area contributed by atoms with Gasteiger partial charge in [-0.3, -0.25) is 0 Å². The lowest BCUT2D eigenvalue weighted by atomic mass is 10.1. The van der Waals surface area contributed by atoms with Crippen LogP contribution in [0.4, 0.5) is 18.9 Å². The maximum absolute atomic E-state index is 13.1. The molecule has 0 radical (unpaired) electrons. The van der Waals surface area contributed by atoms with Crippen molar-refractivity contribution in [2.24, 2.45) is 0 Å². The van der Waals surface area contributed by atoms with E-state index in [1.165, 1.54) is 12.0 Å². The molecule has 4 nitrogen and oxygen atoms in total. The summed E-state index contributed by atoms with van der Waals surface area (Å²) in [7, 11) is 1.50. The Bertz CT molecular complexity index is 936. The summed E-state index contributed by atoms with van der Waals surface area (Å²) < 4.78 is 50.7. The highest BCUT2D eigenvalue weighted by Gasteiger charge is 2.39. The summed E-state index contributed by atoms with van der Waals surface area (Å²) in [6.07, 6.45) is -7.72. The van der Waals surface area contributed by atoms with Gasteiger partial charge in [-0.2, -0.15) is 13.2 Å². The smallest absolute Gasteiger partial charge is 0.416 e. The minimum absolute atomic E-state index is 0.114. The normalized spacial score (nSPS) is 13.5. The van der Waals surface area contributed by atoms with E-state index < -0.39 is 24.9 Å². The average Bonchev–Trinajstić information content (AvgIpc) is 2.77. The predicted octanol–water partition coefficient (Wildman–Crippen LogP) is 5.60. The lowest BCUT2D eigenvalue weighted by Gasteiger charge is -2.31. The summed E-state index contributed by atoms with van der Waals surface area (Å²) in [4.78, 5) is 1.46. The van der Waals surface area contributed by atoms with Crippen molar-refractivity contribution in [2.45, 2.75) is 18.4 Å². The first-order valence-electron chi connectivity index (χ1n) is 9.77. The molecule has 0 aliphatic rings. The van der Waals surface area contributed by atoms with Gasteiger partial charge in [0.1, 0.15) is 11.5 Å². The first-order valence-corrected chi connectivity index (χ1v) is 9.77. The highest BCUT2D eigenvalue weighted by atomic mass is 19.4. The highest BCUT2D eigenvalue weighted by Crippen LogP contribution is 2.30. The second-order valence-corrected chi connectivity index (χ2v) is 7.01. The number of hydrogen-bond donors (Lipinski definition) is 1. The van der Waals surface area contributed by atoms with Gasteiger partial charge in [0.2, 0.25) is 0 Å². The SMILES string of the molecule is COC(CN(CC(O)C(F)(F)F)c1cccc(Oc2ccccc2)c1)c1ccccc1. The summed E-state index contributed by atoms with van der Waals surface area (Å²) in [5, 5.41) is 9.74. The van der Waals surface area contributed by atoms with Gasteiger partial charge in [-0.25, -0.2) is 0 Å². The second-order valence-electron chi connectivity index (χ2n) is 7.01. The summed E-state index contributed by atoms with van der Waals surface area (Å²) >= 11 is 0. The lowest BCUT2D eigenvalue weighted by Crippen LogP contribution is -2.42. The van der Waals surface area contributed by atoms with Crippen molar-refractivity contribution in [3.8, 4) is 11.5 Å². The van der Waals surface area contributed by atoms with E-state index in [-0.39, 0.29) is 6.54 Å². The van der Waals surface area contributed by atoms with Gasteiger partial charge in [0.15, 0.2) is 6.10 Å². The predicted molar refractivity (Wildman–Crippen MR) is 113 cm³/mol. The number of aliphatic hydroxyl groups is 1. The molecule has 0 saturated heterocycles. The molecule has 3 aromatic rings. The molecule has 0 aromatic heterocycles. The number of hydrogen-bond acceptors (Lipinski definition) is 4. The fourth-order valence-corrected chi connectivity index (χ4v) is 3.15. The van der Waals surface area contributed by atoms with E-state index in [1.54, 1.807) is 36.4 Å².